The summed E-state index contributed by atoms with van der Waals surface area (Å²) in [6, 6.07) is 18.0. The Labute approximate surface area is 128 Å². The summed E-state index contributed by atoms with van der Waals surface area (Å²) in [5, 5.41) is 12.2. The van der Waals surface area contributed by atoms with Crippen LogP contribution in [0.5, 0.6) is 5.75 Å². The number of aromatic hydroxyl groups is 1. The van der Waals surface area contributed by atoms with Crippen LogP contribution >= 0.6 is 11.3 Å². The first-order chi connectivity index (χ1) is 10.3. The molecule has 0 unspecified atom stereocenters. The maximum absolute atomic E-state index is 10.1. The molecule has 1 nitrogen and oxygen atoms in total. The molecule has 0 aliphatic heterocycles. The standard InChI is InChI=1S/C19H16OS/c1-2-7-16-17(14-8-4-3-5-9-14)12-15(20)13-18(16)19-10-6-11-21-19/h2-6,8-13,20H,1,7H2. The van der Waals surface area contributed by atoms with Crippen LogP contribution in [0.1, 0.15) is 5.56 Å². The predicted molar refractivity (Wildman–Crippen MR) is 90.8 cm³/mol. The molecule has 0 spiro atoms. The summed E-state index contributed by atoms with van der Waals surface area (Å²) in [5.41, 5.74) is 4.47. The summed E-state index contributed by atoms with van der Waals surface area (Å²) in [5.74, 6) is 0.296. The van der Waals surface area contributed by atoms with Crippen LogP contribution in [0.3, 0.4) is 0 Å². The number of phenols is 1. The smallest absolute Gasteiger partial charge is 0.116 e. The minimum Gasteiger partial charge on any atom is -0.508 e. The van der Waals surface area contributed by atoms with Gasteiger partial charge < -0.3 is 5.11 Å². The van der Waals surface area contributed by atoms with E-state index in [1.165, 1.54) is 10.4 Å². The molecule has 104 valence electrons. The van der Waals surface area contributed by atoms with Crippen molar-refractivity contribution in [3.05, 3.63) is 78.2 Å². The molecule has 0 aliphatic rings. The highest BCUT2D eigenvalue weighted by Gasteiger charge is 2.13. The Morgan fingerprint density at radius 1 is 1.00 bits per heavy atom. The summed E-state index contributed by atoms with van der Waals surface area (Å²) < 4.78 is 0. The number of thiophene rings is 1. The van der Waals surface area contributed by atoms with Gasteiger partial charge in [0.2, 0.25) is 0 Å². The number of phenolic OH excluding ortho intramolecular Hbond substituents is 1. The van der Waals surface area contributed by atoms with Crippen LogP contribution in [-0.2, 0) is 6.42 Å². The Hall–Kier alpha value is -2.32. The van der Waals surface area contributed by atoms with Gasteiger partial charge >= 0.3 is 0 Å². The van der Waals surface area contributed by atoms with Gasteiger partial charge in [-0.05, 0) is 52.3 Å². The lowest BCUT2D eigenvalue weighted by Gasteiger charge is -2.14. The third-order valence-corrected chi connectivity index (χ3v) is 4.36. The van der Waals surface area contributed by atoms with Crippen LogP contribution in [0.15, 0.2) is 72.6 Å². The van der Waals surface area contributed by atoms with Gasteiger partial charge in [0.25, 0.3) is 0 Å². The van der Waals surface area contributed by atoms with E-state index in [2.05, 4.69) is 30.2 Å². The van der Waals surface area contributed by atoms with Crippen LogP contribution < -0.4 is 0 Å². The van der Waals surface area contributed by atoms with Crippen molar-refractivity contribution >= 4 is 11.3 Å². The second-order valence-corrected chi connectivity index (χ2v) is 5.80. The van der Waals surface area contributed by atoms with E-state index >= 15 is 0 Å². The highest BCUT2D eigenvalue weighted by Crippen LogP contribution is 2.38. The van der Waals surface area contributed by atoms with Crippen LogP contribution in [0.4, 0.5) is 0 Å². The zero-order valence-electron chi connectivity index (χ0n) is 11.6. The zero-order chi connectivity index (χ0) is 14.7. The topological polar surface area (TPSA) is 20.2 Å². The van der Waals surface area contributed by atoms with Gasteiger partial charge in [0.05, 0.1) is 0 Å². The Morgan fingerprint density at radius 3 is 2.43 bits per heavy atom. The molecule has 1 N–H and O–H groups in total. The lowest BCUT2D eigenvalue weighted by atomic mass is 9.92. The van der Waals surface area contributed by atoms with Gasteiger partial charge in [0.1, 0.15) is 5.75 Å². The largest absolute Gasteiger partial charge is 0.508 e. The number of hydrogen-bond acceptors (Lipinski definition) is 2. The average molecular weight is 292 g/mol. The minimum atomic E-state index is 0.296. The maximum atomic E-state index is 10.1. The van der Waals surface area contributed by atoms with Crippen LogP contribution in [0.25, 0.3) is 21.6 Å². The fraction of sp³-hybridized carbons (Fsp3) is 0.0526. The predicted octanol–water partition coefficient (Wildman–Crippen LogP) is 5.52. The zero-order valence-corrected chi connectivity index (χ0v) is 12.4. The van der Waals surface area contributed by atoms with Crippen molar-refractivity contribution in [2.45, 2.75) is 6.42 Å². The molecule has 0 aliphatic carbocycles. The molecule has 0 atom stereocenters. The van der Waals surface area contributed by atoms with Crippen molar-refractivity contribution in [1.82, 2.24) is 0 Å². The van der Waals surface area contributed by atoms with E-state index in [1.807, 2.05) is 42.5 Å². The second kappa shape index (κ2) is 5.98. The third kappa shape index (κ3) is 2.76. The molecule has 0 bridgehead atoms. The molecule has 1 aromatic heterocycles. The summed E-state index contributed by atoms with van der Waals surface area (Å²) >= 11 is 1.68. The highest BCUT2D eigenvalue weighted by atomic mass is 32.1. The molecule has 0 radical (unpaired) electrons. The van der Waals surface area contributed by atoms with E-state index in [4.69, 9.17) is 0 Å². The fourth-order valence-electron chi connectivity index (χ4n) is 2.55. The molecule has 0 saturated carbocycles. The average Bonchev–Trinajstić information content (AvgIpc) is 3.04. The lowest BCUT2D eigenvalue weighted by molar-refractivity contribution is 0.475. The van der Waals surface area contributed by atoms with Crippen molar-refractivity contribution < 1.29 is 5.11 Å². The molecule has 0 fully saturated rings. The Balaban J connectivity index is 2.26. The van der Waals surface area contributed by atoms with Crippen molar-refractivity contribution in [3.8, 4) is 27.3 Å². The number of benzene rings is 2. The second-order valence-electron chi connectivity index (χ2n) is 4.86. The van der Waals surface area contributed by atoms with Gasteiger partial charge in [0.15, 0.2) is 0 Å². The first-order valence-electron chi connectivity index (χ1n) is 6.85. The van der Waals surface area contributed by atoms with E-state index in [0.717, 1.165) is 23.1 Å². The number of hydrogen-bond donors (Lipinski definition) is 1. The molecular weight excluding hydrogens is 276 g/mol. The molecule has 2 heteroatoms. The van der Waals surface area contributed by atoms with Crippen molar-refractivity contribution in [1.29, 1.82) is 0 Å². The van der Waals surface area contributed by atoms with Gasteiger partial charge in [-0.3, -0.25) is 0 Å². The van der Waals surface area contributed by atoms with Crippen LogP contribution in [-0.4, -0.2) is 5.11 Å². The van der Waals surface area contributed by atoms with Crippen molar-refractivity contribution in [2.24, 2.45) is 0 Å². The van der Waals surface area contributed by atoms with E-state index in [9.17, 15) is 5.11 Å². The van der Waals surface area contributed by atoms with Gasteiger partial charge in [0, 0.05) is 4.88 Å². The summed E-state index contributed by atoms with van der Waals surface area (Å²) in [6.07, 6.45) is 2.69. The van der Waals surface area contributed by atoms with Crippen LogP contribution in [0, 0.1) is 0 Å². The molecule has 3 aromatic rings. The Morgan fingerprint density at radius 2 is 1.76 bits per heavy atom. The normalized spacial score (nSPS) is 10.5. The first kappa shape index (κ1) is 13.7. The molecule has 21 heavy (non-hydrogen) atoms. The summed E-state index contributed by atoms with van der Waals surface area (Å²) in [6.45, 7) is 3.88. The number of allylic oxidation sites excluding steroid dienone is 1. The Bertz CT molecular complexity index is 743. The van der Waals surface area contributed by atoms with Crippen LogP contribution in [0.2, 0.25) is 0 Å². The minimum absolute atomic E-state index is 0.296. The molecule has 0 saturated heterocycles. The number of rotatable bonds is 4. The van der Waals surface area contributed by atoms with Gasteiger partial charge in [-0.25, -0.2) is 0 Å². The van der Waals surface area contributed by atoms with Gasteiger partial charge in [-0.15, -0.1) is 17.9 Å². The van der Waals surface area contributed by atoms with E-state index in [1.54, 1.807) is 11.3 Å². The monoisotopic (exact) mass is 292 g/mol. The van der Waals surface area contributed by atoms with Gasteiger partial charge in [-0.2, -0.15) is 0 Å². The SMILES string of the molecule is C=CCc1c(-c2ccccc2)cc(O)cc1-c1cccs1. The Kier molecular flexibility index (Phi) is 3.89. The quantitative estimate of drug-likeness (QED) is 0.628. The summed E-state index contributed by atoms with van der Waals surface area (Å²) in [4.78, 5) is 1.17. The fourth-order valence-corrected chi connectivity index (χ4v) is 3.32. The first-order valence-corrected chi connectivity index (χ1v) is 7.73. The van der Waals surface area contributed by atoms with E-state index in [-0.39, 0.29) is 0 Å². The molecular formula is C19H16OS. The van der Waals surface area contributed by atoms with Crippen molar-refractivity contribution in [3.63, 3.8) is 0 Å². The lowest BCUT2D eigenvalue weighted by Crippen LogP contribution is -1.92. The molecule has 2 aromatic carbocycles. The molecule has 3 rings (SSSR count). The molecule has 1 heterocycles. The highest BCUT2D eigenvalue weighted by molar-refractivity contribution is 7.13. The summed E-state index contributed by atoms with van der Waals surface area (Å²) in [7, 11) is 0. The van der Waals surface area contributed by atoms with Gasteiger partial charge in [-0.1, -0.05) is 42.5 Å². The maximum Gasteiger partial charge on any atom is 0.116 e. The third-order valence-electron chi connectivity index (χ3n) is 3.45. The van der Waals surface area contributed by atoms with Crippen molar-refractivity contribution in [2.75, 3.05) is 0 Å². The van der Waals surface area contributed by atoms with E-state index in [0.29, 0.717) is 5.75 Å². The molecule has 0 amide bonds. The van der Waals surface area contributed by atoms with E-state index < -0.39 is 0 Å².